The minimum absolute atomic E-state index is 0.0315. The number of carbonyl (C=O) groups excluding carboxylic acids is 1. The Hall–Kier alpha value is -1.86. The van der Waals surface area contributed by atoms with Crippen LogP contribution < -0.4 is 4.90 Å². The van der Waals surface area contributed by atoms with Crippen LogP contribution in [0.5, 0.6) is 0 Å². The molecule has 19 heavy (non-hydrogen) atoms. The van der Waals surface area contributed by atoms with Gasteiger partial charge in [0.05, 0.1) is 12.5 Å². The summed E-state index contributed by atoms with van der Waals surface area (Å²) in [7, 11) is 1.90. The summed E-state index contributed by atoms with van der Waals surface area (Å²) >= 11 is 0. The van der Waals surface area contributed by atoms with Gasteiger partial charge in [0.1, 0.15) is 6.04 Å². The molecule has 0 radical (unpaired) electrons. The smallest absolute Gasteiger partial charge is 0.245 e. The Bertz CT molecular complexity index is 533. The zero-order valence-corrected chi connectivity index (χ0v) is 11.7. The van der Waals surface area contributed by atoms with Gasteiger partial charge in [-0.1, -0.05) is 12.1 Å². The maximum absolute atomic E-state index is 12.5. The van der Waals surface area contributed by atoms with Crippen LogP contribution in [-0.2, 0) is 4.79 Å². The summed E-state index contributed by atoms with van der Waals surface area (Å²) in [5.74, 6) is 0.0315. The Kier molecular flexibility index (Phi) is 3.87. The molecule has 1 saturated heterocycles. The molecule has 4 nitrogen and oxygen atoms in total. The van der Waals surface area contributed by atoms with Crippen molar-refractivity contribution >= 4 is 11.6 Å². The van der Waals surface area contributed by atoms with Crippen molar-refractivity contribution in [3.05, 3.63) is 29.3 Å². The van der Waals surface area contributed by atoms with E-state index < -0.39 is 0 Å². The molecule has 0 aromatic heterocycles. The molecular weight excluding hydrogens is 238 g/mol. The first-order valence-electron chi connectivity index (χ1n) is 6.51. The van der Waals surface area contributed by atoms with E-state index in [0.717, 1.165) is 17.8 Å². The minimum Gasteiger partial charge on any atom is -0.309 e. The van der Waals surface area contributed by atoms with Crippen LogP contribution in [0.15, 0.2) is 18.2 Å². The number of likely N-dealkylation sites (N-methyl/N-ethyl adjacent to an activating group) is 1. The third-order valence-corrected chi connectivity index (χ3v) is 3.91. The first-order chi connectivity index (χ1) is 9.06. The molecule has 100 valence electrons. The van der Waals surface area contributed by atoms with Crippen LogP contribution in [0.2, 0.25) is 0 Å². The second-order valence-corrected chi connectivity index (χ2v) is 5.07. The Morgan fingerprint density at radius 1 is 1.37 bits per heavy atom. The summed E-state index contributed by atoms with van der Waals surface area (Å²) in [5, 5.41) is 8.86. The Balaban J connectivity index is 2.33. The number of nitrogens with zero attached hydrogens (tertiary/aromatic N) is 3. The van der Waals surface area contributed by atoms with Crippen LogP contribution in [0.3, 0.4) is 0 Å². The second-order valence-electron chi connectivity index (χ2n) is 5.07. The molecule has 1 aromatic carbocycles. The topological polar surface area (TPSA) is 47.3 Å². The number of nitriles is 1. The number of hydrogen-bond acceptors (Lipinski definition) is 3. The zero-order valence-electron chi connectivity index (χ0n) is 11.7. The Morgan fingerprint density at radius 2 is 2.11 bits per heavy atom. The van der Waals surface area contributed by atoms with Crippen molar-refractivity contribution in [1.82, 2.24) is 4.90 Å². The Labute approximate surface area is 114 Å². The molecule has 1 unspecified atom stereocenters. The fraction of sp³-hybridized carbons (Fsp3) is 0.467. The number of rotatable bonds is 2. The number of anilines is 1. The molecule has 0 aliphatic carbocycles. The van der Waals surface area contributed by atoms with E-state index >= 15 is 0 Å². The molecule has 4 heteroatoms. The van der Waals surface area contributed by atoms with Crippen LogP contribution >= 0.6 is 0 Å². The van der Waals surface area contributed by atoms with E-state index in [1.165, 1.54) is 5.56 Å². The van der Waals surface area contributed by atoms with E-state index in [0.29, 0.717) is 6.54 Å². The average molecular weight is 257 g/mol. The second kappa shape index (κ2) is 5.41. The lowest BCUT2D eigenvalue weighted by Gasteiger charge is -2.38. The number of amides is 1. The summed E-state index contributed by atoms with van der Waals surface area (Å²) < 4.78 is 0. The molecule has 2 rings (SSSR count). The van der Waals surface area contributed by atoms with Crippen molar-refractivity contribution < 1.29 is 4.79 Å². The van der Waals surface area contributed by atoms with Crippen LogP contribution in [0.25, 0.3) is 0 Å². The first kappa shape index (κ1) is 13.6. The zero-order chi connectivity index (χ0) is 14.0. The molecule has 1 amide bonds. The van der Waals surface area contributed by atoms with Gasteiger partial charge in [-0.25, -0.2) is 0 Å². The third-order valence-electron chi connectivity index (χ3n) is 3.91. The van der Waals surface area contributed by atoms with Crippen molar-refractivity contribution in [3.8, 4) is 6.07 Å². The predicted molar refractivity (Wildman–Crippen MR) is 74.9 cm³/mol. The quantitative estimate of drug-likeness (QED) is 0.812. The summed E-state index contributed by atoms with van der Waals surface area (Å²) in [4.78, 5) is 16.3. The SMILES string of the molecule is Cc1cccc(N2CCN(C)C(CC#N)C2=O)c1C. The van der Waals surface area contributed by atoms with Crippen molar-refractivity contribution in [3.63, 3.8) is 0 Å². The van der Waals surface area contributed by atoms with Crippen molar-refractivity contribution in [2.75, 3.05) is 25.0 Å². The lowest BCUT2D eigenvalue weighted by atomic mass is 10.0. The number of aryl methyl sites for hydroxylation is 1. The van der Waals surface area contributed by atoms with Crippen LogP contribution in [0.4, 0.5) is 5.69 Å². The third kappa shape index (κ3) is 2.47. The standard InChI is InChI=1S/C15H19N3O/c1-11-5-4-6-13(12(11)2)18-10-9-17(3)14(7-8-16)15(18)19/h4-6,14H,7,9-10H2,1-3H3. The molecule has 0 saturated carbocycles. The molecule has 1 heterocycles. The van der Waals surface area contributed by atoms with Crippen molar-refractivity contribution in [2.24, 2.45) is 0 Å². The van der Waals surface area contributed by atoms with Crippen molar-refractivity contribution in [1.29, 1.82) is 5.26 Å². The van der Waals surface area contributed by atoms with Gasteiger partial charge in [0.15, 0.2) is 0 Å². The molecule has 0 spiro atoms. The van der Waals surface area contributed by atoms with E-state index in [1.807, 2.05) is 48.9 Å². The fourth-order valence-electron chi connectivity index (χ4n) is 2.49. The van der Waals surface area contributed by atoms with E-state index in [9.17, 15) is 4.79 Å². The van der Waals surface area contributed by atoms with Gasteiger partial charge in [-0.15, -0.1) is 0 Å². The average Bonchev–Trinajstić information content (AvgIpc) is 2.39. The Morgan fingerprint density at radius 3 is 2.79 bits per heavy atom. The molecule has 0 N–H and O–H groups in total. The van der Waals surface area contributed by atoms with E-state index in [1.54, 1.807) is 0 Å². The minimum atomic E-state index is -0.321. The van der Waals surface area contributed by atoms with Crippen LogP contribution in [0, 0.1) is 25.2 Å². The summed E-state index contributed by atoms with van der Waals surface area (Å²) in [6, 6.07) is 7.79. The molecule has 1 aliphatic rings. The fourth-order valence-corrected chi connectivity index (χ4v) is 2.49. The molecule has 1 fully saturated rings. The highest BCUT2D eigenvalue weighted by Gasteiger charge is 2.33. The van der Waals surface area contributed by atoms with Gasteiger partial charge < -0.3 is 4.90 Å². The number of carbonyl (C=O) groups is 1. The lowest BCUT2D eigenvalue weighted by Crippen LogP contribution is -2.55. The lowest BCUT2D eigenvalue weighted by molar-refractivity contribution is -0.125. The number of piperazine rings is 1. The first-order valence-corrected chi connectivity index (χ1v) is 6.51. The van der Waals surface area contributed by atoms with Crippen LogP contribution in [0.1, 0.15) is 17.5 Å². The van der Waals surface area contributed by atoms with Gasteiger partial charge >= 0.3 is 0 Å². The van der Waals surface area contributed by atoms with Crippen LogP contribution in [-0.4, -0.2) is 37.0 Å². The summed E-state index contributed by atoms with van der Waals surface area (Å²) in [5.41, 5.74) is 3.29. The van der Waals surface area contributed by atoms with Gasteiger partial charge in [-0.05, 0) is 38.1 Å². The molecule has 0 bridgehead atoms. The van der Waals surface area contributed by atoms with E-state index in [4.69, 9.17) is 5.26 Å². The van der Waals surface area contributed by atoms with E-state index in [-0.39, 0.29) is 18.4 Å². The highest BCUT2D eigenvalue weighted by atomic mass is 16.2. The highest BCUT2D eigenvalue weighted by Crippen LogP contribution is 2.26. The maximum Gasteiger partial charge on any atom is 0.245 e. The highest BCUT2D eigenvalue weighted by molar-refractivity contribution is 5.98. The van der Waals surface area contributed by atoms with Crippen molar-refractivity contribution in [2.45, 2.75) is 26.3 Å². The monoisotopic (exact) mass is 257 g/mol. The summed E-state index contributed by atoms with van der Waals surface area (Å²) in [6.45, 7) is 5.56. The van der Waals surface area contributed by atoms with Gasteiger partial charge in [-0.3, -0.25) is 9.69 Å². The van der Waals surface area contributed by atoms with Gasteiger partial charge in [-0.2, -0.15) is 5.26 Å². The normalized spacial score (nSPS) is 20.4. The molecule has 1 aliphatic heterocycles. The predicted octanol–water partition coefficient (Wildman–Crippen LogP) is 1.86. The maximum atomic E-state index is 12.5. The molecular formula is C15H19N3O. The molecule has 1 aromatic rings. The van der Waals surface area contributed by atoms with Gasteiger partial charge in [0.25, 0.3) is 0 Å². The number of hydrogen-bond donors (Lipinski definition) is 0. The van der Waals surface area contributed by atoms with Gasteiger partial charge in [0, 0.05) is 18.8 Å². The largest absolute Gasteiger partial charge is 0.309 e. The summed E-state index contributed by atoms with van der Waals surface area (Å²) in [6.07, 6.45) is 0.247. The van der Waals surface area contributed by atoms with Gasteiger partial charge in [0.2, 0.25) is 5.91 Å². The number of benzene rings is 1. The molecule has 1 atom stereocenters. The van der Waals surface area contributed by atoms with E-state index in [2.05, 4.69) is 6.07 Å².